The highest BCUT2D eigenvalue weighted by atomic mass is 16.6. The van der Waals surface area contributed by atoms with Gasteiger partial charge in [-0.15, -0.1) is 0 Å². The summed E-state index contributed by atoms with van der Waals surface area (Å²) in [5.74, 6) is -2.93. The average molecular weight is 400 g/mol. The Kier molecular flexibility index (Phi) is 4.54. The van der Waals surface area contributed by atoms with Crippen molar-refractivity contribution in [2.45, 2.75) is 19.3 Å². The van der Waals surface area contributed by atoms with Crippen LogP contribution >= 0.6 is 0 Å². The molecule has 12 heteroatoms. The molecule has 150 valence electrons. The Morgan fingerprint density at radius 3 is 2.59 bits per heavy atom. The van der Waals surface area contributed by atoms with Gasteiger partial charge < -0.3 is 26.6 Å². The van der Waals surface area contributed by atoms with E-state index in [-0.39, 0.29) is 34.4 Å². The van der Waals surface area contributed by atoms with Crippen LogP contribution in [0.3, 0.4) is 0 Å². The summed E-state index contributed by atoms with van der Waals surface area (Å²) in [6, 6.07) is 5.36. The highest BCUT2D eigenvalue weighted by Gasteiger charge is 2.48. The van der Waals surface area contributed by atoms with Crippen molar-refractivity contribution >= 4 is 35.2 Å². The third-order valence-corrected chi connectivity index (χ3v) is 4.51. The predicted octanol–water partition coefficient (Wildman–Crippen LogP) is 1.14. The van der Waals surface area contributed by atoms with Crippen LogP contribution in [0, 0.1) is 10.1 Å². The molecule has 6 N–H and O–H groups in total. The van der Waals surface area contributed by atoms with E-state index in [0.29, 0.717) is 0 Å². The van der Waals surface area contributed by atoms with Crippen LogP contribution in [0.25, 0.3) is 0 Å². The van der Waals surface area contributed by atoms with Gasteiger partial charge in [-0.1, -0.05) is 12.1 Å². The smallest absolute Gasteiger partial charge is 0.338 e. The number of fused-ring (bicyclic) bond motifs is 1. The van der Waals surface area contributed by atoms with Gasteiger partial charge in [0, 0.05) is 19.1 Å². The lowest BCUT2D eigenvalue weighted by Crippen LogP contribution is -2.39. The first-order chi connectivity index (χ1) is 13.6. The summed E-state index contributed by atoms with van der Waals surface area (Å²) in [6.45, 7) is 2.56. The molecule has 1 aromatic heterocycles. The number of carboxylic acid groups (broad SMARTS) is 1. The van der Waals surface area contributed by atoms with Gasteiger partial charge in [-0.05, 0) is 12.5 Å². The number of non-ortho nitro benzene ring substituents is 1. The third kappa shape index (κ3) is 3.16. The summed E-state index contributed by atoms with van der Waals surface area (Å²) in [5.41, 5.74) is 9.73. The number of esters is 1. The van der Waals surface area contributed by atoms with Crippen LogP contribution in [-0.4, -0.2) is 31.9 Å². The maximum absolute atomic E-state index is 12.2. The van der Waals surface area contributed by atoms with E-state index in [1.807, 2.05) is 0 Å². The van der Waals surface area contributed by atoms with E-state index >= 15 is 0 Å². The molecule has 1 unspecified atom stereocenters. The van der Waals surface area contributed by atoms with E-state index < -0.39 is 33.7 Å². The number of nitro groups is 1. The zero-order valence-corrected chi connectivity index (χ0v) is 15.3. The Bertz CT molecular complexity index is 1100. The van der Waals surface area contributed by atoms with Gasteiger partial charge in [0.15, 0.2) is 0 Å². The number of nitrogens with one attached hydrogen (secondary N) is 1. The maximum Gasteiger partial charge on any atom is 0.338 e. The lowest BCUT2D eigenvalue weighted by molar-refractivity contribution is -0.384. The predicted molar refractivity (Wildman–Crippen MR) is 100 cm³/mol. The maximum atomic E-state index is 12.2. The largest absolute Gasteiger partial charge is 0.478 e. The van der Waals surface area contributed by atoms with Crippen molar-refractivity contribution in [3.8, 4) is 0 Å². The first-order valence-corrected chi connectivity index (χ1v) is 8.17. The molecule has 0 radical (unpaired) electrons. The SMILES string of the molecule is CC(=O)OC1=C(C(=O)O)C(C)(c2cccc([N+](=O)[O-])c2)c2c(N)nc(N)nc2N1. The molecule has 0 bridgehead atoms. The molecule has 1 aliphatic rings. The zero-order chi connectivity index (χ0) is 21.5. The quantitative estimate of drug-likeness (QED) is 0.326. The van der Waals surface area contributed by atoms with Crippen LogP contribution in [0.4, 0.5) is 23.3 Å². The van der Waals surface area contributed by atoms with Gasteiger partial charge in [-0.25, -0.2) is 4.79 Å². The van der Waals surface area contributed by atoms with Gasteiger partial charge in [-0.2, -0.15) is 9.97 Å². The monoisotopic (exact) mass is 400 g/mol. The van der Waals surface area contributed by atoms with Gasteiger partial charge in [0.2, 0.25) is 11.8 Å². The van der Waals surface area contributed by atoms with Crippen molar-refractivity contribution < 1.29 is 24.4 Å². The summed E-state index contributed by atoms with van der Waals surface area (Å²) < 4.78 is 5.07. The number of rotatable bonds is 4. The number of carboxylic acids is 1. The number of benzene rings is 1. The lowest BCUT2D eigenvalue weighted by Gasteiger charge is -2.37. The van der Waals surface area contributed by atoms with E-state index in [9.17, 15) is 24.8 Å². The zero-order valence-electron chi connectivity index (χ0n) is 15.3. The van der Waals surface area contributed by atoms with Crippen LogP contribution in [0.1, 0.15) is 25.0 Å². The number of nitrogens with two attached hydrogens (primary N) is 2. The first kappa shape index (κ1) is 19.5. The van der Waals surface area contributed by atoms with E-state index in [2.05, 4.69) is 15.3 Å². The second-order valence-corrected chi connectivity index (χ2v) is 6.35. The van der Waals surface area contributed by atoms with E-state index in [4.69, 9.17) is 16.2 Å². The highest BCUT2D eigenvalue weighted by Crippen LogP contribution is 2.49. The van der Waals surface area contributed by atoms with Crippen LogP contribution in [0.15, 0.2) is 35.7 Å². The van der Waals surface area contributed by atoms with Crippen molar-refractivity contribution in [2.75, 3.05) is 16.8 Å². The molecule has 0 aliphatic carbocycles. The Balaban J connectivity index is 2.43. The fourth-order valence-electron chi connectivity index (χ4n) is 3.35. The molecule has 1 atom stereocenters. The number of anilines is 3. The number of nitrogens with zero attached hydrogens (tertiary/aromatic N) is 3. The minimum Gasteiger partial charge on any atom is -0.478 e. The number of aromatic nitrogens is 2. The number of carbonyl (C=O) groups excluding carboxylic acids is 1. The molecular weight excluding hydrogens is 384 g/mol. The number of hydrogen-bond acceptors (Lipinski definition) is 10. The molecule has 0 saturated heterocycles. The van der Waals surface area contributed by atoms with Crippen molar-refractivity contribution in [3.05, 3.63) is 57.0 Å². The summed E-state index contributed by atoms with van der Waals surface area (Å²) in [7, 11) is 0. The van der Waals surface area contributed by atoms with Crippen molar-refractivity contribution in [1.82, 2.24) is 9.97 Å². The third-order valence-electron chi connectivity index (χ3n) is 4.51. The minimum atomic E-state index is -1.61. The molecule has 2 heterocycles. The molecule has 3 rings (SSSR count). The van der Waals surface area contributed by atoms with Gasteiger partial charge in [-0.3, -0.25) is 14.9 Å². The van der Waals surface area contributed by atoms with E-state index in [0.717, 1.165) is 6.92 Å². The van der Waals surface area contributed by atoms with Crippen molar-refractivity contribution in [1.29, 1.82) is 0 Å². The average Bonchev–Trinajstić information content (AvgIpc) is 2.59. The second-order valence-electron chi connectivity index (χ2n) is 6.35. The molecular formula is C17H16N6O6. The van der Waals surface area contributed by atoms with E-state index in [1.54, 1.807) is 0 Å². The summed E-state index contributed by atoms with van der Waals surface area (Å²) in [6.07, 6.45) is 0. The Morgan fingerprint density at radius 2 is 2.00 bits per heavy atom. The number of hydrogen-bond donors (Lipinski definition) is 4. The van der Waals surface area contributed by atoms with Gasteiger partial charge >= 0.3 is 11.9 Å². The number of aliphatic carboxylic acids is 1. The van der Waals surface area contributed by atoms with E-state index in [1.165, 1.54) is 31.2 Å². The Hall–Kier alpha value is -4.22. The van der Waals surface area contributed by atoms with Gasteiger partial charge in [0.25, 0.3) is 5.69 Å². The molecule has 12 nitrogen and oxygen atoms in total. The van der Waals surface area contributed by atoms with Crippen molar-refractivity contribution in [2.24, 2.45) is 0 Å². The standard InChI is InChI=1S/C17H16N6O6/c1-7(24)29-14-11(15(25)26)17(2,8-4-3-5-9(6-8)23(27)28)10-12(18)20-16(19)22-13(10)21-14/h3-6H,1-2H3,(H,25,26)(H5,18,19,20,21,22). The summed E-state index contributed by atoms with van der Waals surface area (Å²) in [4.78, 5) is 42.3. The molecule has 0 saturated carbocycles. The fourth-order valence-corrected chi connectivity index (χ4v) is 3.35. The molecule has 1 aromatic carbocycles. The summed E-state index contributed by atoms with van der Waals surface area (Å²) in [5, 5.41) is 23.8. The molecule has 29 heavy (non-hydrogen) atoms. The minimum absolute atomic E-state index is 0.0188. The molecule has 2 aromatic rings. The highest BCUT2D eigenvalue weighted by molar-refractivity contribution is 5.96. The lowest BCUT2D eigenvalue weighted by atomic mass is 9.69. The van der Waals surface area contributed by atoms with Crippen LogP contribution in [-0.2, 0) is 19.7 Å². The second kappa shape index (κ2) is 6.74. The summed E-state index contributed by atoms with van der Waals surface area (Å²) >= 11 is 0. The Morgan fingerprint density at radius 1 is 1.31 bits per heavy atom. The number of nitro benzene ring substituents is 1. The molecule has 0 fully saturated rings. The van der Waals surface area contributed by atoms with Crippen LogP contribution in [0.5, 0.6) is 0 Å². The first-order valence-electron chi connectivity index (χ1n) is 8.17. The normalized spacial score (nSPS) is 17.9. The fraction of sp³-hybridized carbons (Fsp3) is 0.176. The molecule has 0 amide bonds. The molecule has 0 spiro atoms. The van der Waals surface area contributed by atoms with Crippen molar-refractivity contribution in [3.63, 3.8) is 0 Å². The Labute approximate surface area is 163 Å². The molecule has 1 aliphatic heterocycles. The van der Waals surface area contributed by atoms with Crippen LogP contribution < -0.4 is 16.8 Å². The van der Waals surface area contributed by atoms with Gasteiger partial charge in [0.05, 0.1) is 15.9 Å². The number of carbonyl (C=O) groups is 2. The van der Waals surface area contributed by atoms with Gasteiger partial charge in [0.1, 0.15) is 17.2 Å². The number of ether oxygens (including phenoxy) is 1. The van der Waals surface area contributed by atoms with Crippen LogP contribution in [0.2, 0.25) is 0 Å². The number of nitrogen functional groups attached to an aromatic ring is 2. The topological polar surface area (TPSA) is 197 Å².